The molecule has 1 aromatic heterocycles. The fourth-order valence-corrected chi connectivity index (χ4v) is 2.53. The normalized spacial score (nSPS) is 11.6. The highest BCUT2D eigenvalue weighted by Gasteiger charge is 2.10. The Morgan fingerprint density at radius 3 is 2.68 bits per heavy atom. The van der Waals surface area contributed by atoms with Gasteiger partial charge in [0.1, 0.15) is 11.9 Å². The Kier molecular flexibility index (Phi) is 4.71. The Bertz CT molecular complexity index is 931. The lowest BCUT2D eigenvalue weighted by Gasteiger charge is -2.13. The molecule has 0 atom stereocenters. The van der Waals surface area contributed by atoms with E-state index in [0.29, 0.717) is 22.9 Å². The van der Waals surface area contributed by atoms with Crippen molar-refractivity contribution in [1.82, 2.24) is 9.97 Å². The molecular weight excluding hydrogens is 314 g/mol. The second-order valence-electron chi connectivity index (χ2n) is 5.85. The topological polar surface area (TPSA) is 70.9 Å². The molecule has 25 heavy (non-hydrogen) atoms. The van der Waals surface area contributed by atoms with Crippen molar-refractivity contribution in [2.45, 2.75) is 20.0 Å². The lowest BCUT2D eigenvalue weighted by molar-refractivity contribution is 0.230. The number of nitrogens with one attached hydrogen (secondary N) is 1. The summed E-state index contributed by atoms with van der Waals surface area (Å²) in [4.78, 5) is 7.65. The molecule has 2 aromatic carbocycles. The van der Waals surface area contributed by atoms with Crippen molar-refractivity contribution < 1.29 is 9.47 Å². The molecule has 5 heteroatoms. The van der Waals surface area contributed by atoms with Crippen LogP contribution in [0.25, 0.3) is 22.7 Å². The molecule has 0 amide bonds. The quantitative estimate of drug-likeness (QED) is 0.702. The number of para-hydroxylation sites is 2. The predicted molar refractivity (Wildman–Crippen MR) is 98.3 cm³/mol. The highest BCUT2D eigenvalue weighted by Crippen LogP contribution is 2.30. The second-order valence-corrected chi connectivity index (χ2v) is 5.85. The number of ether oxygens (including phenoxy) is 2. The van der Waals surface area contributed by atoms with Crippen LogP contribution < -0.4 is 9.47 Å². The van der Waals surface area contributed by atoms with Gasteiger partial charge in [0.05, 0.1) is 29.8 Å². The molecule has 0 aliphatic carbocycles. The summed E-state index contributed by atoms with van der Waals surface area (Å²) >= 11 is 0. The molecule has 3 aromatic rings. The van der Waals surface area contributed by atoms with Gasteiger partial charge in [0.25, 0.3) is 0 Å². The van der Waals surface area contributed by atoms with Gasteiger partial charge in [0, 0.05) is 0 Å². The maximum absolute atomic E-state index is 9.53. The van der Waals surface area contributed by atoms with Crippen LogP contribution in [0.4, 0.5) is 0 Å². The van der Waals surface area contributed by atoms with Crippen LogP contribution in [0.5, 0.6) is 11.5 Å². The molecular formula is C20H19N3O2. The number of hydrogen-bond donors (Lipinski definition) is 1. The SMILES string of the molecule is COc1cc(/C=C(\C#N)c2nc3ccccc3[nH]2)ccc1OC(C)C. The number of allylic oxidation sites excluding steroid dienone is 1. The molecule has 0 unspecified atom stereocenters. The molecule has 0 aliphatic heterocycles. The first-order chi connectivity index (χ1) is 12.1. The summed E-state index contributed by atoms with van der Waals surface area (Å²) in [5.41, 5.74) is 3.02. The minimum atomic E-state index is 0.0560. The van der Waals surface area contributed by atoms with Gasteiger partial charge in [-0.3, -0.25) is 0 Å². The average Bonchev–Trinajstić information content (AvgIpc) is 3.04. The number of methoxy groups -OCH3 is 1. The smallest absolute Gasteiger partial charge is 0.161 e. The summed E-state index contributed by atoms with van der Waals surface area (Å²) < 4.78 is 11.1. The van der Waals surface area contributed by atoms with E-state index in [9.17, 15) is 5.26 Å². The third-order valence-corrected chi connectivity index (χ3v) is 3.63. The van der Waals surface area contributed by atoms with E-state index in [1.807, 2.05) is 56.3 Å². The minimum absolute atomic E-state index is 0.0560. The first kappa shape index (κ1) is 16.6. The number of H-pyrrole nitrogens is 1. The van der Waals surface area contributed by atoms with Crippen molar-refractivity contribution in [3.63, 3.8) is 0 Å². The lowest BCUT2D eigenvalue weighted by atomic mass is 10.1. The van der Waals surface area contributed by atoms with E-state index in [2.05, 4.69) is 16.0 Å². The number of nitriles is 1. The largest absolute Gasteiger partial charge is 0.493 e. The number of nitrogens with zero attached hydrogens (tertiary/aromatic N) is 2. The van der Waals surface area contributed by atoms with Gasteiger partial charge in [-0.25, -0.2) is 4.98 Å². The number of aromatic nitrogens is 2. The van der Waals surface area contributed by atoms with Gasteiger partial charge in [0.2, 0.25) is 0 Å². The maximum atomic E-state index is 9.53. The molecule has 1 N–H and O–H groups in total. The second kappa shape index (κ2) is 7.10. The zero-order valence-electron chi connectivity index (χ0n) is 14.4. The molecule has 1 heterocycles. The molecule has 0 aliphatic rings. The molecule has 5 nitrogen and oxygen atoms in total. The number of hydrogen-bond acceptors (Lipinski definition) is 4. The van der Waals surface area contributed by atoms with E-state index < -0.39 is 0 Å². The molecule has 0 spiro atoms. The number of benzene rings is 2. The highest BCUT2D eigenvalue weighted by molar-refractivity contribution is 5.90. The number of rotatable bonds is 5. The lowest BCUT2D eigenvalue weighted by Crippen LogP contribution is -2.06. The van der Waals surface area contributed by atoms with Gasteiger partial charge in [-0.2, -0.15) is 5.26 Å². The van der Waals surface area contributed by atoms with Gasteiger partial charge in [-0.1, -0.05) is 18.2 Å². The Morgan fingerprint density at radius 2 is 2.00 bits per heavy atom. The number of fused-ring (bicyclic) bond motifs is 1. The summed E-state index contributed by atoms with van der Waals surface area (Å²) in [6.07, 6.45) is 1.83. The Labute approximate surface area is 146 Å². The van der Waals surface area contributed by atoms with E-state index in [1.165, 1.54) is 0 Å². The molecule has 0 fully saturated rings. The van der Waals surface area contributed by atoms with Crippen molar-refractivity contribution in [2.24, 2.45) is 0 Å². The summed E-state index contributed by atoms with van der Waals surface area (Å²) in [5.74, 6) is 1.85. The van der Waals surface area contributed by atoms with E-state index in [-0.39, 0.29) is 6.10 Å². The fourth-order valence-electron chi connectivity index (χ4n) is 2.53. The molecule has 126 valence electrons. The van der Waals surface area contributed by atoms with Crippen LogP contribution in [0.15, 0.2) is 42.5 Å². The Hall–Kier alpha value is -3.26. The zero-order chi connectivity index (χ0) is 17.8. The molecule has 0 bridgehead atoms. The van der Waals surface area contributed by atoms with Crippen LogP contribution in [0, 0.1) is 11.3 Å². The number of aromatic amines is 1. The summed E-state index contributed by atoms with van der Waals surface area (Å²) in [7, 11) is 1.60. The van der Waals surface area contributed by atoms with Crippen LogP contribution in [0.3, 0.4) is 0 Å². The van der Waals surface area contributed by atoms with Gasteiger partial charge in [-0.15, -0.1) is 0 Å². The molecule has 0 saturated carbocycles. The first-order valence-corrected chi connectivity index (χ1v) is 8.02. The first-order valence-electron chi connectivity index (χ1n) is 8.02. The van der Waals surface area contributed by atoms with Gasteiger partial charge < -0.3 is 14.5 Å². The van der Waals surface area contributed by atoms with Gasteiger partial charge in [0.15, 0.2) is 11.5 Å². The standard InChI is InChI=1S/C20H19N3O2/c1-13(2)25-18-9-8-14(11-19(18)24-3)10-15(12-21)20-22-16-6-4-5-7-17(16)23-20/h4-11,13H,1-3H3,(H,22,23)/b15-10+. The van der Waals surface area contributed by atoms with E-state index in [0.717, 1.165) is 16.6 Å². The molecule has 3 rings (SSSR count). The van der Waals surface area contributed by atoms with Crippen molar-refractivity contribution in [3.05, 3.63) is 53.9 Å². The van der Waals surface area contributed by atoms with Crippen molar-refractivity contribution in [3.8, 4) is 17.6 Å². The monoisotopic (exact) mass is 333 g/mol. The predicted octanol–water partition coefficient (Wildman–Crippen LogP) is 4.42. The van der Waals surface area contributed by atoms with Crippen LogP contribution in [-0.4, -0.2) is 23.2 Å². The van der Waals surface area contributed by atoms with Crippen LogP contribution in [0.1, 0.15) is 25.2 Å². The summed E-state index contributed by atoms with van der Waals surface area (Å²) in [6, 6.07) is 15.5. The minimum Gasteiger partial charge on any atom is -0.493 e. The number of imidazole rings is 1. The summed E-state index contributed by atoms with van der Waals surface area (Å²) in [6.45, 7) is 3.92. The van der Waals surface area contributed by atoms with E-state index in [1.54, 1.807) is 13.2 Å². The molecule has 0 saturated heterocycles. The average molecular weight is 333 g/mol. The van der Waals surface area contributed by atoms with Crippen molar-refractivity contribution in [1.29, 1.82) is 5.26 Å². The third-order valence-electron chi connectivity index (χ3n) is 3.63. The Balaban J connectivity index is 1.98. The molecule has 0 radical (unpaired) electrons. The highest BCUT2D eigenvalue weighted by atomic mass is 16.5. The summed E-state index contributed by atoms with van der Waals surface area (Å²) in [5, 5.41) is 9.53. The van der Waals surface area contributed by atoms with Gasteiger partial charge >= 0.3 is 0 Å². The zero-order valence-corrected chi connectivity index (χ0v) is 14.4. The fraction of sp³-hybridized carbons (Fsp3) is 0.200. The third kappa shape index (κ3) is 3.64. The van der Waals surface area contributed by atoms with Crippen molar-refractivity contribution in [2.75, 3.05) is 7.11 Å². The van der Waals surface area contributed by atoms with E-state index >= 15 is 0 Å². The van der Waals surface area contributed by atoms with Gasteiger partial charge in [-0.05, 0) is 49.8 Å². The van der Waals surface area contributed by atoms with Crippen molar-refractivity contribution >= 4 is 22.7 Å². The van der Waals surface area contributed by atoms with Crippen LogP contribution in [0.2, 0.25) is 0 Å². The maximum Gasteiger partial charge on any atom is 0.161 e. The van der Waals surface area contributed by atoms with Crippen LogP contribution >= 0.6 is 0 Å². The van der Waals surface area contributed by atoms with Crippen LogP contribution in [-0.2, 0) is 0 Å². The Morgan fingerprint density at radius 1 is 1.20 bits per heavy atom. The van der Waals surface area contributed by atoms with E-state index in [4.69, 9.17) is 9.47 Å².